The Balaban J connectivity index is 1.47. The van der Waals surface area contributed by atoms with Crippen molar-refractivity contribution in [2.24, 2.45) is 0 Å². The minimum Gasteiger partial charge on any atom is -0.350 e. The molecule has 2 N–H and O–H groups in total. The van der Waals surface area contributed by atoms with Crippen LogP contribution in [0.3, 0.4) is 0 Å². The molecular formula is C24H21FN4O3. The van der Waals surface area contributed by atoms with Crippen LogP contribution in [-0.4, -0.2) is 40.0 Å². The summed E-state index contributed by atoms with van der Waals surface area (Å²) in [7, 11) is 0. The second-order valence-electron chi connectivity index (χ2n) is 8.22. The zero-order valence-electron chi connectivity index (χ0n) is 17.4. The van der Waals surface area contributed by atoms with Crippen LogP contribution in [0.1, 0.15) is 54.7 Å². The van der Waals surface area contributed by atoms with Crippen LogP contribution in [0.15, 0.2) is 47.3 Å². The molecule has 0 spiro atoms. The number of benzene rings is 2. The number of aromatic nitrogens is 2. The number of carbonyl (C=O) groups is 2. The van der Waals surface area contributed by atoms with Gasteiger partial charge in [-0.05, 0) is 54.3 Å². The number of nitrogens with one attached hydrogen (secondary N) is 2. The second kappa shape index (κ2) is 7.71. The third-order valence-corrected chi connectivity index (χ3v) is 6.18. The number of hydrogen-bond acceptors (Lipinski definition) is 4. The van der Waals surface area contributed by atoms with E-state index in [1.807, 2.05) is 12.1 Å². The first-order valence-electron chi connectivity index (χ1n) is 10.5. The maximum atomic E-state index is 14.7. The Labute approximate surface area is 183 Å². The molecule has 3 heterocycles. The summed E-state index contributed by atoms with van der Waals surface area (Å²) in [5.74, 6) is -1.15. The maximum absolute atomic E-state index is 14.7. The predicted octanol–water partition coefficient (Wildman–Crippen LogP) is 2.29. The van der Waals surface area contributed by atoms with Crippen LogP contribution >= 0.6 is 0 Å². The smallest absolute Gasteiger partial charge is 0.267 e. The third-order valence-electron chi connectivity index (χ3n) is 6.18. The van der Waals surface area contributed by atoms with Crippen molar-refractivity contribution in [3.8, 4) is 0 Å². The molecule has 162 valence electrons. The largest absolute Gasteiger partial charge is 0.350 e. The van der Waals surface area contributed by atoms with E-state index in [1.54, 1.807) is 36.1 Å². The highest BCUT2D eigenvalue weighted by molar-refractivity contribution is 5.99. The van der Waals surface area contributed by atoms with E-state index in [9.17, 15) is 18.8 Å². The lowest BCUT2D eigenvalue weighted by Gasteiger charge is -2.40. The topological polar surface area (TPSA) is 95.2 Å². The Morgan fingerprint density at radius 1 is 1.22 bits per heavy atom. The summed E-state index contributed by atoms with van der Waals surface area (Å²) in [6.07, 6.45) is 0.964. The number of amides is 2. The van der Waals surface area contributed by atoms with Gasteiger partial charge in [0.1, 0.15) is 5.82 Å². The molecule has 2 aliphatic rings. The predicted molar refractivity (Wildman–Crippen MR) is 115 cm³/mol. The Hall–Kier alpha value is -3.81. The molecule has 3 aromatic rings. The number of H-pyrrole nitrogens is 1. The van der Waals surface area contributed by atoms with Gasteiger partial charge in [0.05, 0.1) is 17.3 Å². The van der Waals surface area contributed by atoms with Crippen LogP contribution in [0.4, 0.5) is 4.39 Å². The number of nitrogens with zero attached hydrogens (tertiary/aromatic N) is 2. The van der Waals surface area contributed by atoms with Gasteiger partial charge in [0.2, 0.25) is 0 Å². The molecule has 7 nitrogen and oxygen atoms in total. The van der Waals surface area contributed by atoms with E-state index in [4.69, 9.17) is 0 Å². The number of hydrogen-bond donors (Lipinski definition) is 2. The zero-order valence-corrected chi connectivity index (χ0v) is 17.4. The van der Waals surface area contributed by atoms with Crippen molar-refractivity contribution in [1.29, 1.82) is 0 Å². The van der Waals surface area contributed by atoms with Gasteiger partial charge >= 0.3 is 0 Å². The SMILES string of the molecule is Cc1cc(Cc2ccc(F)c(C(=O)N3CCc4cccc5c4C3CNC5=O)c2)n[nH]c1=O. The summed E-state index contributed by atoms with van der Waals surface area (Å²) >= 11 is 0. The van der Waals surface area contributed by atoms with Gasteiger partial charge in [0.15, 0.2) is 0 Å². The molecule has 1 atom stereocenters. The van der Waals surface area contributed by atoms with E-state index < -0.39 is 11.7 Å². The van der Waals surface area contributed by atoms with Gasteiger partial charge in [0.25, 0.3) is 17.4 Å². The minimum absolute atomic E-state index is 0.0125. The first kappa shape index (κ1) is 20.1. The van der Waals surface area contributed by atoms with Crippen molar-refractivity contribution < 1.29 is 14.0 Å². The number of rotatable bonds is 3. The second-order valence-corrected chi connectivity index (χ2v) is 8.22. The van der Waals surface area contributed by atoms with Gasteiger partial charge in [-0.2, -0.15) is 5.10 Å². The van der Waals surface area contributed by atoms with Crippen molar-refractivity contribution in [3.05, 3.63) is 97.7 Å². The molecule has 32 heavy (non-hydrogen) atoms. The van der Waals surface area contributed by atoms with Gasteiger partial charge < -0.3 is 10.2 Å². The summed E-state index contributed by atoms with van der Waals surface area (Å²) in [5.41, 5.74) is 4.10. The van der Waals surface area contributed by atoms with Crippen molar-refractivity contribution in [1.82, 2.24) is 20.4 Å². The van der Waals surface area contributed by atoms with E-state index in [0.717, 1.165) is 11.1 Å². The molecule has 0 radical (unpaired) electrons. The Kier molecular flexibility index (Phi) is 4.84. The molecule has 0 fully saturated rings. The normalized spacial score (nSPS) is 17.0. The lowest BCUT2D eigenvalue weighted by atomic mass is 9.85. The number of carbonyl (C=O) groups excluding carboxylic acids is 2. The van der Waals surface area contributed by atoms with Gasteiger partial charge in [-0.25, -0.2) is 9.49 Å². The summed E-state index contributed by atoms with van der Waals surface area (Å²) in [6, 6.07) is 11.4. The van der Waals surface area contributed by atoms with E-state index in [-0.39, 0.29) is 23.1 Å². The van der Waals surface area contributed by atoms with Crippen LogP contribution in [0.5, 0.6) is 0 Å². The lowest BCUT2D eigenvalue weighted by molar-refractivity contribution is 0.0627. The maximum Gasteiger partial charge on any atom is 0.267 e. The van der Waals surface area contributed by atoms with E-state index in [1.165, 1.54) is 6.07 Å². The molecule has 2 amide bonds. The van der Waals surface area contributed by atoms with E-state index in [2.05, 4.69) is 15.5 Å². The fraction of sp³-hybridized carbons (Fsp3) is 0.250. The standard InChI is InChI=1S/C24H21FN4O3/c1-13-9-16(27-28-22(13)30)10-14-5-6-19(25)18(11-14)24(32)29-8-7-15-3-2-4-17-21(15)20(29)12-26-23(17)31/h2-6,9,11,20H,7-8,10,12H2,1H3,(H,26,31)(H,28,30). The van der Waals surface area contributed by atoms with Gasteiger partial charge in [-0.1, -0.05) is 18.2 Å². The summed E-state index contributed by atoms with van der Waals surface area (Å²) < 4.78 is 14.7. The molecule has 8 heteroatoms. The highest BCUT2D eigenvalue weighted by Crippen LogP contribution is 2.35. The Bertz CT molecular complexity index is 1320. The quantitative estimate of drug-likeness (QED) is 0.664. The van der Waals surface area contributed by atoms with Crippen LogP contribution in [0.25, 0.3) is 0 Å². The fourth-order valence-electron chi connectivity index (χ4n) is 4.57. The zero-order chi connectivity index (χ0) is 22.4. The molecule has 0 aliphatic carbocycles. The number of aryl methyl sites for hydroxylation is 1. The highest BCUT2D eigenvalue weighted by atomic mass is 19.1. The Morgan fingerprint density at radius 3 is 2.88 bits per heavy atom. The van der Waals surface area contributed by atoms with Crippen LogP contribution in [0, 0.1) is 12.7 Å². The summed E-state index contributed by atoms with van der Waals surface area (Å²) in [4.78, 5) is 38.9. The van der Waals surface area contributed by atoms with Crippen molar-refractivity contribution in [2.75, 3.05) is 13.1 Å². The van der Waals surface area contributed by atoms with E-state index >= 15 is 0 Å². The molecular weight excluding hydrogens is 411 g/mol. The van der Waals surface area contributed by atoms with Gasteiger partial charge in [-0.3, -0.25) is 14.4 Å². The molecule has 0 bridgehead atoms. The number of halogens is 1. The molecule has 5 rings (SSSR count). The fourth-order valence-corrected chi connectivity index (χ4v) is 4.57. The first-order valence-corrected chi connectivity index (χ1v) is 10.5. The summed E-state index contributed by atoms with van der Waals surface area (Å²) in [6.45, 7) is 2.44. The number of aromatic amines is 1. The van der Waals surface area contributed by atoms with Crippen molar-refractivity contribution in [3.63, 3.8) is 0 Å². The molecule has 1 unspecified atom stereocenters. The van der Waals surface area contributed by atoms with Crippen molar-refractivity contribution in [2.45, 2.75) is 25.8 Å². The third kappa shape index (κ3) is 3.37. The average molecular weight is 432 g/mol. The van der Waals surface area contributed by atoms with Crippen molar-refractivity contribution >= 4 is 11.8 Å². The van der Waals surface area contributed by atoms with Crippen LogP contribution in [0.2, 0.25) is 0 Å². The monoisotopic (exact) mass is 432 g/mol. The van der Waals surface area contributed by atoms with Gasteiger partial charge in [0, 0.05) is 30.6 Å². The molecule has 0 saturated carbocycles. The Morgan fingerprint density at radius 2 is 2.06 bits per heavy atom. The molecule has 2 aromatic carbocycles. The molecule has 0 saturated heterocycles. The summed E-state index contributed by atoms with van der Waals surface area (Å²) in [5, 5.41) is 9.31. The van der Waals surface area contributed by atoms with Gasteiger partial charge in [-0.15, -0.1) is 0 Å². The highest BCUT2D eigenvalue weighted by Gasteiger charge is 2.37. The van der Waals surface area contributed by atoms with E-state index in [0.29, 0.717) is 48.3 Å². The minimum atomic E-state index is -0.594. The average Bonchev–Trinajstić information content (AvgIpc) is 2.79. The van der Waals surface area contributed by atoms with Crippen LogP contribution < -0.4 is 10.9 Å². The molecule has 2 aliphatic heterocycles. The molecule has 1 aromatic heterocycles. The first-order chi connectivity index (χ1) is 15.4. The van der Waals surface area contributed by atoms with Crippen LogP contribution in [-0.2, 0) is 12.8 Å². The lowest BCUT2D eigenvalue weighted by Crippen LogP contribution is -2.49.